The van der Waals surface area contributed by atoms with E-state index in [1.54, 1.807) is 26.1 Å². The lowest BCUT2D eigenvalue weighted by Crippen LogP contribution is -2.38. The summed E-state index contributed by atoms with van der Waals surface area (Å²) >= 11 is 0. The molecule has 2 heterocycles. The molecule has 0 amide bonds. The summed E-state index contributed by atoms with van der Waals surface area (Å²) < 4.78 is 5.31. The molecule has 1 unspecified atom stereocenters. The van der Waals surface area contributed by atoms with Gasteiger partial charge in [0.05, 0.1) is 17.6 Å². The summed E-state index contributed by atoms with van der Waals surface area (Å²) in [4.78, 5) is 44.5. The molecule has 0 saturated heterocycles. The molecule has 3 N–H and O–H groups in total. The highest BCUT2D eigenvalue weighted by molar-refractivity contribution is 5.85. The summed E-state index contributed by atoms with van der Waals surface area (Å²) in [7, 11) is 0. The standard InChI is InChI=1S/C19H21N3O4/c1-4-26-18(25)19(3,14-6-5-9-20-14)10-12-11(2)7-8-13-15(12)22-17(24)16(23)21-13/h5-9,20H,4,10H2,1-3H3,(H,21,23)(H,22,24). The fraction of sp³-hybridized carbons (Fsp3) is 0.316. The number of aromatic amines is 3. The van der Waals surface area contributed by atoms with Crippen molar-refractivity contribution in [3.63, 3.8) is 0 Å². The van der Waals surface area contributed by atoms with Gasteiger partial charge in [-0.05, 0) is 56.5 Å². The lowest BCUT2D eigenvalue weighted by Gasteiger charge is -2.27. The number of ether oxygens (including phenoxy) is 1. The zero-order valence-corrected chi connectivity index (χ0v) is 14.9. The number of fused-ring (bicyclic) bond motifs is 1. The Bertz CT molecular complexity index is 1060. The maximum absolute atomic E-state index is 12.8. The minimum absolute atomic E-state index is 0.272. The molecule has 26 heavy (non-hydrogen) atoms. The van der Waals surface area contributed by atoms with Gasteiger partial charge in [0.25, 0.3) is 0 Å². The van der Waals surface area contributed by atoms with E-state index in [0.29, 0.717) is 17.5 Å². The molecule has 0 aliphatic carbocycles. The van der Waals surface area contributed by atoms with Crippen LogP contribution in [-0.2, 0) is 21.4 Å². The monoisotopic (exact) mass is 355 g/mol. The number of carbonyl (C=O) groups excluding carboxylic acids is 1. The van der Waals surface area contributed by atoms with E-state index in [1.807, 2.05) is 25.1 Å². The largest absolute Gasteiger partial charge is 0.465 e. The Morgan fingerprint density at radius 1 is 1.15 bits per heavy atom. The third-order valence-electron chi connectivity index (χ3n) is 4.69. The molecule has 1 atom stereocenters. The van der Waals surface area contributed by atoms with E-state index >= 15 is 0 Å². The maximum Gasteiger partial charge on any atom is 0.318 e. The van der Waals surface area contributed by atoms with E-state index in [9.17, 15) is 14.4 Å². The molecule has 7 heteroatoms. The van der Waals surface area contributed by atoms with Crippen LogP contribution < -0.4 is 11.1 Å². The number of benzene rings is 1. The Morgan fingerprint density at radius 3 is 2.54 bits per heavy atom. The van der Waals surface area contributed by atoms with E-state index in [-0.39, 0.29) is 12.6 Å². The van der Waals surface area contributed by atoms with Gasteiger partial charge in [0.1, 0.15) is 5.41 Å². The van der Waals surface area contributed by atoms with Gasteiger partial charge in [-0.25, -0.2) is 0 Å². The van der Waals surface area contributed by atoms with E-state index < -0.39 is 16.5 Å². The molecule has 3 rings (SSSR count). The van der Waals surface area contributed by atoms with Crippen LogP contribution in [0.2, 0.25) is 0 Å². The smallest absolute Gasteiger partial charge is 0.318 e. The summed E-state index contributed by atoms with van der Waals surface area (Å²) in [5.41, 5.74) is 1.06. The molecule has 0 fully saturated rings. The third kappa shape index (κ3) is 2.96. The van der Waals surface area contributed by atoms with Crippen molar-refractivity contribution in [1.29, 1.82) is 0 Å². The SMILES string of the molecule is CCOC(=O)C(C)(Cc1c(C)ccc2[nH]c(=O)c(=O)[nH]c12)c1ccc[nH]1. The molecular weight excluding hydrogens is 334 g/mol. The summed E-state index contributed by atoms with van der Waals surface area (Å²) in [6.07, 6.45) is 2.06. The first-order valence-corrected chi connectivity index (χ1v) is 8.42. The van der Waals surface area contributed by atoms with Gasteiger partial charge in [-0.2, -0.15) is 0 Å². The van der Waals surface area contributed by atoms with Crippen molar-refractivity contribution in [1.82, 2.24) is 15.0 Å². The Morgan fingerprint density at radius 2 is 1.88 bits per heavy atom. The number of hydrogen-bond acceptors (Lipinski definition) is 4. The van der Waals surface area contributed by atoms with Gasteiger partial charge < -0.3 is 19.7 Å². The lowest BCUT2D eigenvalue weighted by atomic mass is 9.79. The molecule has 2 aromatic heterocycles. The van der Waals surface area contributed by atoms with Gasteiger partial charge in [0.15, 0.2) is 0 Å². The Kier molecular flexibility index (Phi) is 4.54. The first kappa shape index (κ1) is 17.7. The minimum atomic E-state index is -0.967. The van der Waals surface area contributed by atoms with E-state index in [1.165, 1.54) is 0 Å². The van der Waals surface area contributed by atoms with Gasteiger partial charge in [-0.3, -0.25) is 14.4 Å². The zero-order valence-electron chi connectivity index (χ0n) is 14.9. The summed E-state index contributed by atoms with van der Waals surface area (Å²) in [5, 5.41) is 0. The van der Waals surface area contributed by atoms with Crippen LogP contribution in [0.4, 0.5) is 0 Å². The summed E-state index contributed by atoms with van der Waals surface area (Å²) in [6, 6.07) is 7.25. The quantitative estimate of drug-likeness (QED) is 0.480. The number of esters is 1. The maximum atomic E-state index is 12.8. The average molecular weight is 355 g/mol. The van der Waals surface area contributed by atoms with Crippen LogP contribution in [0.3, 0.4) is 0 Å². The first-order valence-electron chi connectivity index (χ1n) is 8.42. The predicted octanol–water partition coefficient (Wildman–Crippen LogP) is 1.92. The molecule has 0 bridgehead atoms. The average Bonchev–Trinajstić information content (AvgIpc) is 3.14. The zero-order chi connectivity index (χ0) is 18.9. The Labute approximate surface area is 149 Å². The molecule has 0 aliphatic rings. The number of carbonyl (C=O) groups is 1. The number of aryl methyl sites for hydroxylation is 1. The second kappa shape index (κ2) is 6.67. The number of hydrogen-bond donors (Lipinski definition) is 3. The number of nitrogens with one attached hydrogen (secondary N) is 3. The van der Waals surface area contributed by atoms with Gasteiger partial charge >= 0.3 is 17.1 Å². The number of rotatable bonds is 5. The van der Waals surface area contributed by atoms with Crippen LogP contribution in [0, 0.1) is 6.92 Å². The highest BCUT2D eigenvalue weighted by atomic mass is 16.5. The van der Waals surface area contributed by atoms with Crippen LogP contribution in [-0.4, -0.2) is 27.5 Å². The second-order valence-corrected chi connectivity index (χ2v) is 6.50. The van der Waals surface area contributed by atoms with E-state index in [4.69, 9.17) is 4.74 Å². The molecule has 136 valence electrons. The number of aromatic nitrogens is 3. The molecule has 7 nitrogen and oxygen atoms in total. The Hall–Kier alpha value is -3.09. The normalized spacial score (nSPS) is 13.5. The molecular formula is C19H21N3O4. The molecule has 1 aromatic carbocycles. The van der Waals surface area contributed by atoms with Gasteiger partial charge in [0.2, 0.25) is 0 Å². The van der Waals surface area contributed by atoms with Crippen molar-refractivity contribution in [2.24, 2.45) is 0 Å². The number of H-pyrrole nitrogens is 3. The highest BCUT2D eigenvalue weighted by Crippen LogP contribution is 2.32. The van der Waals surface area contributed by atoms with Crippen molar-refractivity contribution >= 4 is 17.0 Å². The van der Waals surface area contributed by atoms with Crippen molar-refractivity contribution in [2.75, 3.05) is 6.61 Å². The Balaban J connectivity index is 2.20. The van der Waals surface area contributed by atoms with Gasteiger partial charge in [0, 0.05) is 11.9 Å². The summed E-state index contributed by atoms with van der Waals surface area (Å²) in [6.45, 7) is 5.74. The van der Waals surface area contributed by atoms with E-state index in [0.717, 1.165) is 16.8 Å². The lowest BCUT2D eigenvalue weighted by molar-refractivity contribution is -0.149. The molecule has 0 spiro atoms. The predicted molar refractivity (Wildman–Crippen MR) is 98.4 cm³/mol. The highest BCUT2D eigenvalue weighted by Gasteiger charge is 2.39. The topological polar surface area (TPSA) is 108 Å². The minimum Gasteiger partial charge on any atom is -0.465 e. The van der Waals surface area contributed by atoms with Gasteiger partial charge in [-0.15, -0.1) is 0 Å². The van der Waals surface area contributed by atoms with Crippen molar-refractivity contribution in [3.8, 4) is 0 Å². The third-order valence-corrected chi connectivity index (χ3v) is 4.69. The summed E-state index contributed by atoms with van der Waals surface area (Å²) in [5.74, 6) is -0.356. The molecule has 0 radical (unpaired) electrons. The fourth-order valence-corrected chi connectivity index (χ4v) is 3.17. The van der Waals surface area contributed by atoms with Crippen molar-refractivity contribution < 1.29 is 9.53 Å². The van der Waals surface area contributed by atoms with Crippen LogP contribution in [0.5, 0.6) is 0 Å². The first-order chi connectivity index (χ1) is 12.4. The van der Waals surface area contributed by atoms with Crippen LogP contribution >= 0.6 is 0 Å². The van der Waals surface area contributed by atoms with Crippen molar-refractivity contribution in [2.45, 2.75) is 32.6 Å². The van der Waals surface area contributed by atoms with Crippen molar-refractivity contribution in [3.05, 3.63) is 68.0 Å². The fourth-order valence-electron chi connectivity index (χ4n) is 3.17. The molecule has 0 aliphatic heterocycles. The van der Waals surface area contributed by atoms with Gasteiger partial charge in [-0.1, -0.05) is 6.07 Å². The molecule has 0 saturated carbocycles. The molecule has 3 aromatic rings. The van der Waals surface area contributed by atoms with Crippen LogP contribution in [0.1, 0.15) is 30.7 Å². The van der Waals surface area contributed by atoms with Crippen LogP contribution in [0.25, 0.3) is 11.0 Å². The van der Waals surface area contributed by atoms with E-state index in [2.05, 4.69) is 15.0 Å². The van der Waals surface area contributed by atoms with Crippen LogP contribution in [0.15, 0.2) is 40.1 Å². The second-order valence-electron chi connectivity index (χ2n) is 6.50.